The molecule has 1 fully saturated rings. The molecule has 2 amide bonds. The molecule has 9 heteroatoms. The number of rotatable bonds is 8. The van der Waals surface area contributed by atoms with E-state index in [9.17, 15) is 19.5 Å². The van der Waals surface area contributed by atoms with Gasteiger partial charge < -0.3 is 15.3 Å². The molecule has 1 aliphatic heterocycles. The fourth-order valence-electron chi connectivity index (χ4n) is 5.10. The van der Waals surface area contributed by atoms with Gasteiger partial charge in [-0.1, -0.05) is 71.7 Å². The Hall–Kier alpha value is -3.65. The number of halogens is 2. The summed E-state index contributed by atoms with van der Waals surface area (Å²) in [6.07, 6.45) is 3.91. The number of nitrogens with one attached hydrogen (secondary N) is 1. The molecule has 0 saturated carbocycles. The third-order valence-electron chi connectivity index (χ3n) is 7.33. The summed E-state index contributed by atoms with van der Waals surface area (Å²) in [5.41, 5.74) is 3.37. The number of carbonyl (C=O) groups is 3. The van der Waals surface area contributed by atoms with E-state index < -0.39 is 12.0 Å². The van der Waals surface area contributed by atoms with E-state index in [2.05, 4.69) is 5.32 Å². The number of nitrogens with zero attached hydrogens (tertiary/aromatic N) is 1. The van der Waals surface area contributed by atoms with Crippen molar-refractivity contribution in [2.24, 2.45) is 5.92 Å². The Kier molecular flexibility index (Phi) is 9.08. The lowest BCUT2D eigenvalue weighted by atomic mass is 9.93. The second-order valence-electron chi connectivity index (χ2n) is 10.0. The zero-order valence-corrected chi connectivity index (χ0v) is 24.4. The van der Waals surface area contributed by atoms with Crippen LogP contribution < -0.4 is 5.32 Å². The fraction of sp³-hybridized carbons (Fsp3) is 0.219. The van der Waals surface area contributed by atoms with Crippen LogP contribution in [0.15, 0.2) is 78.2 Å². The summed E-state index contributed by atoms with van der Waals surface area (Å²) in [5, 5.41) is 16.3. The van der Waals surface area contributed by atoms with E-state index in [1.807, 2.05) is 72.1 Å². The molecule has 210 valence electrons. The summed E-state index contributed by atoms with van der Waals surface area (Å²) in [6, 6.07) is 20.6. The largest absolute Gasteiger partial charge is 0.481 e. The Labute approximate surface area is 252 Å². The van der Waals surface area contributed by atoms with Crippen LogP contribution in [-0.4, -0.2) is 40.9 Å². The summed E-state index contributed by atoms with van der Waals surface area (Å²) in [5.74, 6) is -1.67. The molecular formula is C32H28Cl2N2O4S. The predicted molar refractivity (Wildman–Crippen MR) is 165 cm³/mol. The number of thiophene rings is 1. The van der Waals surface area contributed by atoms with Crippen LogP contribution in [0.3, 0.4) is 0 Å². The first kappa shape index (κ1) is 28.9. The quantitative estimate of drug-likeness (QED) is 0.204. The van der Waals surface area contributed by atoms with Crippen molar-refractivity contribution >= 4 is 68.5 Å². The topological polar surface area (TPSA) is 86.7 Å². The third-order valence-corrected chi connectivity index (χ3v) is 9.27. The third kappa shape index (κ3) is 6.81. The van der Waals surface area contributed by atoms with Gasteiger partial charge in [0.2, 0.25) is 11.8 Å². The van der Waals surface area contributed by atoms with E-state index in [1.165, 1.54) is 17.4 Å². The minimum Gasteiger partial charge on any atom is -0.481 e. The number of hydrogen-bond donors (Lipinski definition) is 2. The molecule has 2 heterocycles. The monoisotopic (exact) mass is 606 g/mol. The number of piperidine rings is 1. The maximum Gasteiger partial charge on any atom is 0.305 e. The molecule has 1 atom stereocenters. The SMILES string of the molecule is O=C(O)CC(NC(=O)C1CCN(C(=O)C=Cc2cc3ccsc3c(Cl)c2Cl)CC1)c1cccc(-c2ccccc2)c1. The summed E-state index contributed by atoms with van der Waals surface area (Å²) >= 11 is 14.3. The number of likely N-dealkylation sites (tertiary alicyclic amines) is 1. The maximum atomic E-state index is 13.2. The van der Waals surface area contributed by atoms with E-state index in [-0.39, 0.29) is 24.2 Å². The van der Waals surface area contributed by atoms with Gasteiger partial charge in [0.1, 0.15) is 0 Å². The molecule has 1 aliphatic rings. The second kappa shape index (κ2) is 12.9. The van der Waals surface area contributed by atoms with Crippen molar-refractivity contribution in [2.75, 3.05) is 13.1 Å². The first-order valence-corrected chi connectivity index (χ1v) is 14.9. The van der Waals surface area contributed by atoms with E-state index >= 15 is 0 Å². The first-order valence-electron chi connectivity index (χ1n) is 13.3. The maximum absolute atomic E-state index is 13.2. The van der Waals surface area contributed by atoms with Crippen LogP contribution >= 0.6 is 34.5 Å². The molecule has 41 heavy (non-hydrogen) atoms. The molecule has 5 rings (SSSR count). The second-order valence-corrected chi connectivity index (χ2v) is 11.7. The van der Waals surface area contributed by atoms with Crippen LogP contribution in [0.4, 0.5) is 0 Å². The number of aliphatic carboxylic acids is 1. The minimum absolute atomic E-state index is 0.164. The Morgan fingerprint density at radius 1 is 0.976 bits per heavy atom. The van der Waals surface area contributed by atoms with Gasteiger partial charge in [-0.05, 0) is 70.1 Å². The van der Waals surface area contributed by atoms with Gasteiger partial charge in [-0.2, -0.15) is 0 Å². The number of carbonyl (C=O) groups excluding carboxylic acids is 2. The molecule has 1 unspecified atom stereocenters. The summed E-state index contributed by atoms with van der Waals surface area (Å²) in [6.45, 7) is 0.846. The van der Waals surface area contributed by atoms with Crippen molar-refractivity contribution in [1.82, 2.24) is 10.2 Å². The van der Waals surface area contributed by atoms with Gasteiger partial charge in [0.05, 0.1) is 27.2 Å². The summed E-state index contributed by atoms with van der Waals surface area (Å²) in [4.78, 5) is 39.5. The fourth-order valence-corrected chi connectivity index (χ4v) is 6.54. The van der Waals surface area contributed by atoms with Crippen molar-refractivity contribution in [3.05, 3.63) is 99.4 Å². The zero-order valence-electron chi connectivity index (χ0n) is 22.1. The molecule has 0 bridgehead atoms. The van der Waals surface area contributed by atoms with Crippen LogP contribution in [0.1, 0.15) is 36.4 Å². The molecule has 4 aromatic rings. The number of fused-ring (bicyclic) bond motifs is 1. The molecule has 0 spiro atoms. The molecular weight excluding hydrogens is 579 g/mol. The molecule has 1 saturated heterocycles. The highest BCUT2D eigenvalue weighted by atomic mass is 35.5. The Morgan fingerprint density at radius 2 is 1.71 bits per heavy atom. The zero-order chi connectivity index (χ0) is 28.9. The molecule has 0 radical (unpaired) electrons. The van der Waals surface area contributed by atoms with Crippen LogP contribution in [0.2, 0.25) is 10.0 Å². The van der Waals surface area contributed by atoms with Gasteiger partial charge in [0.25, 0.3) is 0 Å². The van der Waals surface area contributed by atoms with E-state index in [0.29, 0.717) is 41.5 Å². The summed E-state index contributed by atoms with van der Waals surface area (Å²) in [7, 11) is 0. The van der Waals surface area contributed by atoms with Gasteiger partial charge in [0, 0.05) is 25.1 Å². The molecule has 0 aliphatic carbocycles. The van der Waals surface area contributed by atoms with E-state index in [0.717, 1.165) is 26.8 Å². The highest BCUT2D eigenvalue weighted by Crippen LogP contribution is 2.37. The van der Waals surface area contributed by atoms with Crippen LogP contribution in [0, 0.1) is 5.92 Å². The standard InChI is InChI=1S/C32H28Cl2N2O4S/c33-29-24(18-25-13-16-41-31(25)30(29)34)9-10-27(37)36-14-11-21(12-15-36)32(40)35-26(19-28(38)39)23-8-4-7-22(17-23)20-5-2-1-3-6-20/h1-10,13,16-18,21,26H,11-12,14-15,19H2,(H,35,40)(H,38,39). The highest BCUT2D eigenvalue weighted by molar-refractivity contribution is 7.18. The van der Waals surface area contributed by atoms with Crippen LogP contribution in [-0.2, 0) is 14.4 Å². The van der Waals surface area contributed by atoms with Crippen molar-refractivity contribution in [3.8, 4) is 11.1 Å². The lowest BCUT2D eigenvalue weighted by Crippen LogP contribution is -2.43. The normalized spacial score (nSPS) is 14.8. The predicted octanol–water partition coefficient (Wildman–Crippen LogP) is 7.46. The molecule has 3 aromatic carbocycles. The number of carboxylic acids is 1. The van der Waals surface area contributed by atoms with Crippen molar-refractivity contribution in [3.63, 3.8) is 0 Å². The molecule has 6 nitrogen and oxygen atoms in total. The average molecular weight is 608 g/mol. The van der Waals surface area contributed by atoms with Gasteiger partial charge in [0.15, 0.2) is 0 Å². The van der Waals surface area contributed by atoms with Gasteiger partial charge in [-0.15, -0.1) is 11.3 Å². The van der Waals surface area contributed by atoms with Crippen LogP contribution in [0.5, 0.6) is 0 Å². The van der Waals surface area contributed by atoms with Crippen molar-refractivity contribution < 1.29 is 19.5 Å². The Bertz CT molecular complexity index is 1610. The lowest BCUT2D eigenvalue weighted by molar-refractivity contribution is -0.138. The molecule has 2 N–H and O–H groups in total. The minimum atomic E-state index is -0.993. The van der Waals surface area contributed by atoms with Crippen molar-refractivity contribution in [1.29, 1.82) is 0 Å². The number of carboxylic acid groups (broad SMARTS) is 1. The first-order chi connectivity index (χ1) is 19.8. The van der Waals surface area contributed by atoms with Crippen molar-refractivity contribution in [2.45, 2.75) is 25.3 Å². The lowest BCUT2D eigenvalue weighted by Gasteiger charge is -2.31. The Balaban J connectivity index is 1.21. The van der Waals surface area contributed by atoms with Gasteiger partial charge >= 0.3 is 5.97 Å². The van der Waals surface area contributed by atoms with Crippen LogP contribution in [0.25, 0.3) is 27.3 Å². The average Bonchev–Trinajstić information content (AvgIpc) is 3.47. The number of benzene rings is 3. The van der Waals surface area contributed by atoms with Gasteiger partial charge in [-0.3, -0.25) is 14.4 Å². The summed E-state index contributed by atoms with van der Waals surface area (Å²) < 4.78 is 0.912. The van der Waals surface area contributed by atoms with E-state index in [4.69, 9.17) is 23.2 Å². The number of hydrogen-bond acceptors (Lipinski definition) is 4. The smallest absolute Gasteiger partial charge is 0.305 e. The Morgan fingerprint density at radius 3 is 2.44 bits per heavy atom. The number of amides is 2. The highest BCUT2D eigenvalue weighted by Gasteiger charge is 2.29. The molecule has 1 aromatic heterocycles. The van der Waals surface area contributed by atoms with Gasteiger partial charge in [-0.25, -0.2) is 0 Å². The van der Waals surface area contributed by atoms with E-state index in [1.54, 1.807) is 11.0 Å².